The van der Waals surface area contributed by atoms with Gasteiger partial charge in [-0.05, 0) is 31.2 Å². The molecule has 0 bridgehead atoms. The van der Waals surface area contributed by atoms with Gasteiger partial charge < -0.3 is 18.9 Å². The van der Waals surface area contributed by atoms with Crippen molar-refractivity contribution < 1.29 is 33.3 Å². The van der Waals surface area contributed by atoms with Gasteiger partial charge in [0.05, 0.1) is 11.1 Å². The molecule has 0 spiro atoms. The normalized spacial score (nSPS) is 23.6. The Morgan fingerprint density at radius 3 is 1.68 bits per heavy atom. The molecule has 2 aromatic rings. The van der Waals surface area contributed by atoms with E-state index in [2.05, 4.69) is 0 Å². The molecule has 7 nitrogen and oxygen atoms in total. The van der Waals surface area contributed by atoms with Crippen LogP contribution in [-0.2, 0) is 23.7 Å². The molecule has 2 aromatic carbocycles. The van der Waals surface area contributed by atoms with E-state index in [1.54, 1.807) is 67.6 Å². The molecule has 0 amide bonds. The predicted molar refractivity (Wildman–Crippen MR) is 97.4 cm³/mol. The average Bonchev–Trinajstić information content (AvgIpc) is 2.97. The topological polar surface area (TPSA) is 88.1 Å². The number of rotatable bonds is 5. The Labute approximate surface area is 162 Å². The molecule has 4 atom stereocenters. The molecule has 0 unspecified atom stereocenters. The summed E-state index contributed by atoms with van der Waals surface area (Å²) in [4.78, 5) is 36.3. The average molecular weight is 384 g/mol. The first-order chi connectivity index (χ1) is 13.5. The Morgan fingerprint density at radius 1 is 0.750 bits per heavy atom. The van der Waals surface area contributed by atoms with E-state index in [4.69, 9.17) is 18.9 Å². The smallest absolute Gasteiger partial charge is 0.338 e. The molecule has 28 heavy (non-hydrogen) atoms. The SMILES string of the molecule is CC(=O)O[C@@H]1O[C@@H](C)[C@H](OC(=O)c2ccccc2)[C@@H]1OC(=O)c1ccccc1. The van der Waals surface area contributed by atoms with Crippen LogP contribution >= 0.6 is 0 Å². The van der Waals surface area contributed by atoms with Gasteiger partial charge in [-0.1, -0.05) is 36.4 Å². The minimum Gasteiger partial charge on any atom is -0.452 e. The highest BCUT2D eigenvalue weighted by atomic mass is 16.7. The Balaban J connectivity index is 1.80. The molecule has 0 saturated carbocycles. The van der Waals surface area contributed by atoms with Crippen molar-refractivity contribution in [1.82, 2.24) is 0 Å². The quantitative estimate of drug-likeness (QED) is 0.578. The van der Waals surface area contributed by atoms with E-state index in [-0.39, 0.29) is 0 Å². The Bertz CT molecular complexity index is 834. The summed E-state index contributed by atoms with van der Waals surface area (Å²) in [6, 6.07) is 16.7. The van der Waals surface area contributed by atoms with Crippen LogP contribution in [0.25, 0.3) is 0 Å². The van der Waals surface area contributed by atoms with E-state index >= 15 is 0 Å². The van der Waals surface area contributed by atoms with E-state index in [9.17, 15) is 14.4 Å². The molecule has 0 aromatic heterocycles. The minimum atomic E-state index is -1.17. The highest BCUT2D eigenvalue weighted by molar-refractivity contribution is 5.90. The molecule has 1 aliphatic rings. The third kappa shape index (κ3) is 4.55. The Morgan fingerprint density at radius 2 is 1.21 bits per heavy atom. The second-order valence-electron chi connectivity index (χ2n) is 6.29. The van der Waals surface area contributed by atoms with Crippen LogP contribution in [0.3, 0.4) is 0 Å². The third-order valence-corrected chi connectivity index (χ3v) is 4.19. The molecule has 1 saturated heterocycles. The first kappa shape index (κ1) is 19.6. The van der Waals surface area contributed by atoms with Crippen molar-refractivity contribution in [2.24, 2.45) is 0 Å². The van der Waals surface area contributed by atoms with Gasteiger partial charge in [0.2, 0.25) is 12.4 Å². The van der Waals surface area contributed by atoms with Gasteiger partial charge in [0.1, 0.15) is 6.10 Å². The number of esters is 3. The molecule has 0 radical (unpaired) electrons. The van der Waals surface area contributed by atoms with E-state index < -0.39 is 42.5 Å². The number of carbonyl (C=O) groups excluding carboxylic acids is 3. The molecular formula is C21H20O7. The fraction of sp³-hybridized carbons (Fsp3) is 0.286. The van der Waals surface area contributed by atoms with E-state index in [0.29, 0.717) is 11.1 Å². The Kier molecular flexibility index (Phi) is 6.06. The van der Waals surface area contributed by atoms with Crippen molar-refractivity contribution in [3.8, 4) is 0 Å². The van der Waals surface area contributed by atoms with Crippen LogP contribution < -0.4 is 0 Å². The van der Waals surface area contributed by atoms with Gasteiger partial charge in [-0.25, -0.2) is 9.59 Å². The predicted octanol–water partition coefficient (Wildman–Crippen LogP) is 2.75. The maximum atomic E-state index is 12.5. The number of hydrogen-bond acceptors (Lipinski definition) is 7. The van der Waals surface area contributed by atoms with Crippen LogP contribution in [0, 0.1) is 0 Å². The number of carbonyl (C=O) groups is 3. The van der Waals surface area contributed by atoms with E-state index in [1.165, 1.54) is 6.92 Å². The van der Waals surface area contributed by atoms with E-state index in [1.807, 2.05) is 0 Å². The zero-order valence-electron chi connectivity index (χ0n) is 15.4. The summed E-state index contributed by atoms with van der Waals surface area (Å²) in [6.45, 7) is 2.86. The van der Waals surface area contributed by atoms with Gasteiger partial charge in [-0.3, -0.25) is 4.79 Å². The highest BCUT2D eigenvalue weighted by Crippen LogP contribution is 2.29. The molecule has 146 valence electrons. The molecule has 1 aliphatic heterocycles. The maximum Gasteiger partial charge on any atom is 0.338 e. The molecule has 1 fully saturated rings. The van der Waals surface area contributed by atoms with Gasteiger partial charge in [0, 0.05) is 6.92 Å². The largest absolute Gasteiger partial charge is 0.452 e. The monoisotopic (exact) mass is 384 g/mol. The molecule has 7 heteroatoms. The van der Waals surface area contributed by atoms with Crippen molar-refractivity contribution in [1.29, 1.82) is 0 Å². The number of hydrogen-bond donors (Lipinski definition) is 0. The summed E-state index contributed by atoms with van der Waals surface area (Å²) in [5.41, 5.74) is 0.663. The van der Waals surface area contributed by atoms with Crippen LogP contribution in [0.2, 0.25) is 0 Å². The maximum absolute atomic E-state index is 12.5. The zero-order valence-corrected chi connectivity index (χ0v) is 15.4. The van der Waals surface area contributed by atoms with Crippen LogP contribution in [0.5, 0.6) is 0 Å². The van der Waals surface area contributed by atoms with Crippen molar-refractivity contribution in [3.63, 3.8) is 0 Å². The highest BCUT2D eigenvalue weighted by Gasteiger charge is 2.49. The van der Waals surface area contributed by atoms with Crippen LogP contribution in [-0.4, -0.2) is 42.5 Å². The first-order valence-electron chi connectivity index (χ1n) is 8.80. The summed E-state index contributed by atoms with van der Waals surface area (Å²) in [6.07, 6.45) is -3.86. The van der Waals surface area contributed by atoms with Crippen molar-refractivity contribution in [2.45, 2.75) is 38.4 Å². The summed E-state index contributed by atoms with van der Waals surface area (Å²) >= 11 is 0. The minimum absolute atomic E-state index is 0.316. The first-order valence-corrected chi connectivity index (χ1v) is 8.80. The lowest BCUT2D eigenvalue weighted by Crippen LogP contribution is -2.41. The lowest BCUT2D eigenvalue weighted by Gasteiger charge is -2.23. The molecule has 0 N–H and O–H groups in total. The lowest BCUT2D eigenvalue weighted by molar-refractivity contribution is -0.185. The third-order valence-electron chi connectivity index (χ3n) is 4.19. The summed E-state index contributed by atoms with van der Waals surface area (Å²) in [5.74, 6) is -1.83. The van der Waals surface area contributed by atoms with E-state index in [0.717, 1.165) is 0 Å². The molecule has 3 rings (SSSR count). The second kappa shape index (κ2) is 8.67. The van der Waals surface area contributed by atoms with Crippen LogP contribution in [0.15, 0.2) is 60.7 Å². The van der Waals surface area contributed by atoms with Gasteiger partial charge in [0.15, 0.2) is 6.10 Å². The molecule has 1 heterocycles. The Hall–Kier alpha value is -3.19. The fourth-order valence-electron chi connectivity index (χ4n) is 2.86. The second-order valence-corrected chi connectivity index (χ2v) is 6.29. The summed E-state index contributed by atoms with van der Waals surface area (Å²) < 4.78 is 21.7. The summed E-state index contributed by atoms with van der Waals surface area (Å²) in [5, 5.41) is 0. The number of ether oxygens (including phenoxy) is 4. The number of benzene rings is 2. The van der Waals surface area contributed by atoms with Gasteiger partial charge >= 0.3 is 17.9 Å². The van der Waals surface area contributed by atoms with Crippen molar-refractivity contribution in [3.05, 3.63) is 71.8 Å². The zero-order chi connectivity index (χ0) is 20.1. The van der Waals surface area contributed by atoms with Gasteiger partial charge in [-0.15, -0.1) is 0 Å². The van der Waals surface area contributed by atoms with Crippen molar-refractivity contribution >= 4 is 17.9 Å². The standard InChI is InChI=1S/C21H20O7/c1-13-17(27-19(23)15-9-5-3-6-10-15)18(21(25-13)26-14(2)22)28-20(24)16-11-7-4-8-12-16/h3-13,17-18,21H,1-2H3/t13-,17-,18-,21-/m0/s1. The van der Waals surface area contributed by atoms with Crippen molar-refractivity contribution in [2.75, 3.05) is 0 Å². The van der Waals surface area contributed by atoms with Crippen LogP contribution in [0.4, 0.5) is 0 Å². The van der Waals surface area contributed by atoms with Crippen LogP contribution in [0.1, 0.15) is 34.6 Å². The fourth-order valence-corrected chi connectivity index (χ4v) is 2.86. The lowest BCUT2D eigenvalue weighted by atomic mass is 10.1. The summed E-state index contributed by atoms with van der Waals surface area (Å²) in [7, 11) is 0. The van der Waals surface area contributed by atoms with Gasteiger partial charge in [0.25, 0.3) is 0 Å². The van der Waals surface area contributed by atoms with Gasteiger partial charge in [-0.2, -0.15) is 0 Å². The molecular weight excluding hydrogens is 364 g/mol. The molecule has 0 aliphatic carbocycles.